The van der Waals surface area contributed by atoms with Gasteiger partial charge in [-0.05, 0) is 36.4 Å². The van der Waals surface area contributed by atoms with Crippen LogP contribution in [-0.2, 0) is 4.79 Å². The standard InChI is InChI=1S/C23H18ClN3O2/c1-15(16(2)24)22(28)25-19-13-11-17(12-14-19)20-9-6-10-21(26-20)27-23(29)18-7-4-3-5-8-18/h3-14H,1-2H2,(H,25,28)(H,26,27,29). The van der Waals surface area contributed by atoms with Crippen molar-refractivity contribution in [3.8, 4) is 11.3 Å². The average Bonchev–Trinajstić information content (AvgIpc) is 2.74. The van der Waals surface area contributed by atoms with Crippen LogP contribution in [0.15, 0.2) is 96.6 Å². The molecule has 2 N–H and O–H groups in total. The molecule has 0 aliphatic rings. The summed E-state index contributed by atoms with van der Waals surface area (Å²) in [6, 6.07) is 21.4. The summed E-state index contributed by atoms with van der Waals surface area (Å²) in [6.07, 6.45) is 0. The van der Waals surface area contributed by atoms with Crippen molar-refractivity contribution in [1.29, 1.82) is 0 Å². The molecule has 144 valence electrons. The Morgan fingerprint density at radius 1 is 0.828 bits per heavy atom. The molecule has 1 heterocycles. The summed E-state index contributed by atoms with van der Waals surface area (Å²) in [6.45, 7) is 7.07. The zero-order valence-electron chi connectivity index (χ0n) is 15.5. The molecule has 5 nitrogen and oxygen atoms in total. The van der Waals surface area contributed by atoms with Gasteiger partial charge in [0.05, 0.1) is 11.3 Å². The van der Waals surface area contributed by atoms with E-state index in [0.29, 0.717) is 22.8 Å². The zero-order valence-corrected chi connectivity index (χ0v) is 16.2. The first-order valence-corrected chi connectivity index (χ1v) is 9.11. The summed E-state index contributed by atoms with van der Waals surface area (Å²) in [4.78, 5) is 28.8. The van der Waals surface area contributed by atoms with Crippen LogP contribution in [-0.4, -0.2) is 16.8 Å². The maximum absolute atomic E-state index is 12.3. The molecule has 29 heavy (non-hydrogen) atoms. The highest BCUT2D eigenvalue weighted by Crippen LogP contribution is 2.22. The van der Waals surface area contributed by atoms with E-state index in [4.69, 9.17) is 11.6 Å². The van der Waals surface area contributed by atoms with E-state index < -0.39 is 5.91 Å². The number of amides is 2. The molecule has 1 aromatic heterocycles. The van der Waals surface area contributed by atoms with Gasteiger partial charge in [0.25, 0.3) is 11.8 Å². The number of nitrogens with one attached hydrogen (secondary N) is 2. The number of rotatable bonds is 6. The second-order valence-corrected chi connectivity index (χ2v) is 6.60. The Morgan fingerprint density at radius 2 is 1.52 bits per heavy atom. The molecule has 0 spiro atoms. The summed E-state index contributed by atoms with van der Waals surface area (Å²) in [7, 11) is 0. The third-order valence-corrected chi connectivity index (χ3v) is 4.29. The average molecular weight is 404 g/mol. The lowest BCUT2D eigenvalue weighted by Gasteiger charge is -2.09. The predicted molar refractivity (Wildman–Crippen MR) is 117 cm³/mol. The molecule has 0 bridgehead atoms. The largest absolute Gasteiger partial charge is 0.322 e. The fourth-order valence-electron chi connectivity index (χ4n) is 2.50. The molecule has 0 unspecified atom stereocenters. The van der Waals surface area contributed by atoms with Crippen LogP contribution in [0, 0.1) is 0 Å². The monoisotopic (exact) mass is 403 g/mol. The highest BCUT2D eigenvalue weighted by Gasteiger charge is 2.10. The molecule has 3 aromatic rings. The van der Waals surface area contributed by atoms with E-state index in [1.807, 2.05) is 30.3 Å². The van der Waals surface area contributed by atoms with Crippen LogP contribution in [0.3, 0.4) is 0 Å². The topological polar surface area (TPSA) is 71.1 Å². The highest BCUT2D eigenvalue weighted by molar-refractivity contribution is 6.35. The molecule has 0 saturated heterocycles. The van der Waals surface area contributed by atoms with Crippen molar-refractivity contribution in [2.45, 2.75) is 0 Å². The van der Waals surface area contributed by atoms with Crippen molar-refractivity contribution in [3.05, 3.63) is 102 Å². The fourth-order valence-corrected chi connectivity index (χ4v) is 2.58. The minimum absolute atomic E-state index is 0.0951. The molecule has 2 aromatic carbocycles. The molecule has 2 amide bonds. The van der Waals surface area contributed by atoms with Gasteiger partial charge in [-0.15, -0.1) is 0 Å². The van der Waals surface area contributed by atoms with Gasteiger partial charge in [-0.3, -0.25) is 9.59 Å². The Bertz CT molecular complexity index is 1080. The Balaban J connectivity index is 1.72. The third kappa shape index (κ3) is 5.18. The first-order valence-electron chi connectivity index (χ1n) is 8.73. The van der Waals surface area contributed by atoms with Crippen LogP contribution in [0.2, 0.25) is 0 Å². The van der Waals surface area contributed by atoms with Crippen molar-refractivity contribution < 1.29 is 9.59 Å². The van der Waals surface area contributed by atoms with E-state index in [-0.39, 0.29) is 16.5 Å². The van der Waals surface area contributed by atoms with Crippen molar-refractivity contribution in [2.24, 2.45) is 0 Å². The fraction of sp³-hybridized carbons (Fsp3) is 0. The van der Waals surface area contributed by atoms with Gasteiger partial charge >= 0.3 is 0 Å². The molecular weight excluding hydrogens is 386 g/mol. The lowest BCUT2D eigenvalue weighted by Crippen LogP contribution is -2.13. The summed E-state index contributed by atoms with van der Waals surface area (Å²) >= 11 is 5.69. The van der Waals surface area contributed by atoms with E-state index in [2.05, 4.69) is 28.8 Å². The van der Waals surface area contributed by atoms with Crippen LogP contribution in [0.4, 0.5) is 11.5 Å². The predicted octanol–water partition coefficient (Wildman–Crippen LogP) is 5.25. The van der Waals surface area contributed by atoms with Gasteiger partial charge in [-0.2, -0.15) is 0 Å². The van der Waals surface area contributed by atoms with Crippen molar-refractivity contribution in [2.75, 3.05) is 10.6 Å². The van der Waals surface area contributed by atoms with Crippen LogP contribution in [0.5, 0.6) is 0 Å². The number of nitrogens with zero attached hydrogens (tertiary/aromatic N) is 1. The summed E-state index contributed by atoms with van der Waals surface area (Å²) in [5.74, 6) is -0.193. The van der Waals surface area contributed by atoms with E-state index >= 15 is 0 Å². The van der Waals surface area contributed by atoms with E-state index in [1.54, 1.807) is 42.5 Å². The minimum Gasteiger partial charge on any atom is -0.322 e. The lowest BCUT2D eigenvalue weighted by molar-refractivity contribution is -0.112. The number of pyridine rings is 1. The number of benzene rings is 2. The normalized spacial score (nSPS) is 10.1. The molecule has 0 aliphatic heterocycles. The Hall–Kier alpha value is -3.70. The van der Waals surface area contributed by atoms with Crippen molar-refractivity contribution in [3.63, 3.8) is 0 Å². The molecular formula is C23H18ClN3O2. The molecule has 6 heteroatoms. The van der Waals surface area contributed by atoms with E-state index in [9.17, 15) is 9.59 Å². The summed E-state index contributed by atoms with van der Waals surface area (Å²) < 4.78 is 0. The summed E-state index contributed by atoms with van der Waals surface area (Å²) in [5, 5.41) is 5.58. The second kappa shape index (κ2) is 8.99. The Kier molecular flexibility index (Phi) is 6.22. The number of carbonyl (C=O) groups excluding carboxylic acids is 2. The Labute approximate surface area is 173 Å². The third-order valence-electron chi connectivity index (χ3n) is 4.07. The van der Waals surface area contributed by atoms with Crippen LogP contribution >= 0.6 is 11.6 Å². The molecule has 0 fully saturated rings. The van der Waals surface area contributed by atoms with Crippen LogP contribution in [0.25, 0.3) is 11.3 Å². The SMILES string of the molecule is C=C(Cl)C(=C)C(=O)Nc1ccc(-c2cccc(NC(=O)c3ccccc3)n2)cc1. The lowest BCUT2D eigenvalue weighted by atomic mass is 10.1. The molecule has 0 atom stereocenters. The number of hydrogen-bond donors (Lipinski definition) is 2. The maximum atomic E-state index is 12.3. The second-order valence-electron chi connectivity index (χ2n) is 6.14. The maximum Gasteiger partial charge on any atom is 0.256 e. The molecule has 0 radical (unpaired) electrons. The smallest absolute Gasteiger partial charge is 0.256 e. The number of hydrogen-bond acceptors (Lipinski definition) is 3. The number of anilines is 2. The molecule has 3 rings (SSSR count). The van der Waals surface area contributed by atoms with Gasteiger partial charge in [0.2, 0.25) is 0 Å². The van der Waals surface area contributed by atoms with Crippen molar-refractivity contribution in [1.82, 2.24) is 4.98 Å². The highest BCUT2D eigenvalue weighted by atomic mass is 35.5. The van der Waals surface area contributed by atoms with E-state index in [0.717, 1.165) is 5.56 Å². The van der Waals surface area contributed by atoms with Crippen molar-refractivity contribution >= 4 is 34.9 Å². The number of aromatic nitrogens is 1. The molecule has 0 aliphatic carbocycles. The van der Waals surface area contributed by atoms with Gasteiger partial charge in [0.15, 0.2) is 0 Å². The van der Waals surface area contributed by atoms with Gasteiger partial charge in [-0.25, -0.2) is 4.98 Å². The number of carbonyl (C=O) groups is 2. The summed E-state index contributed by atoms with van der Waals surface area (Å²) in [5.41, 5.74) is 2.78. The first-order chi connectivity index (χ1) is 13.9. The minimum atomic E-state index is -0.415. The van der Waals surface area contributed by atoms with Gasteiger partial charge in [0, 0.05) is 21.8 Å². The van der Waals surface area contributed by atoms with Crippen LogP contribution < -0.4 is 10.6 Å². The quantitative estimate of drug-likeness (QED) is 0.436. The molecule has 0 saturated carbocycles. The van der Waals surface area contributed by atoms with Gasteiger partial charge in [0.1, 0.15) is 5.82 Å². The first kappa shape index (κ1) is 20.0. The van der Waals surface area contributed by atoms with Gasteiger partial charge in [-0.1, -0.05) is 61.2 Å². The Morgan fingerprint density at radius 3 is 2.17 bits per heavy atom. The zero-order chi connectivity index (χ0) is 20.8. The van der Waals surface area contributed by atoms with Gasteiger partial charge < -0.3 is 10.6 Å². The van der Waals surface area contributed by atoms with Crippen LogP contribution in [0.1, 0.15) is 10.4 Å². The number of halogens is 1. The van der Waals surface area contributed by atoms with E-state index in [1.165, 1.54) is 0 Å².